The number of alkyl halides is 6. The molecule has 2 aromatic rings. The van der Waals surface area contributed by atoms with Gasteiger partial charge in [-0.15, -0.1) is 0 Å². The topological polar surface area (TPSA) is 44.1 Å². The first-order valence-corrected chi connectivity index (χ1v) is 7.01. The zero-order chi connectivity index (χ0) is 19.7. The number of carbonyl (C=O) groups is 1. The average Bonchev–Trinajstić information content (AvgIpc) is 2.58. The highest BCUT2D eigenvalue weighted by atomic mass is 19.4. The van der Waals surface area contributed by atoms with Crippen LogP contribution in [0.15, 0.2) is 42.5 Å². The van der Waals surface area contributed by atoms with Crippen molar-refractivity contribution < 1.29 is 31.1 Å². The minimum atomic E-state index is -5.05. The molecule has 2 rings (SSSR count). The van der Waals surface area contributed by atoms with Crippen LogP contribution in [0.25, 0.3) is 0 Å². The van der Waals surface area contributed by atoms with Crippen LogP contribution in [0.5, 0.6) is 0 Å². The number of rotatable bonds is 2. The van der Waals surface area contributed by atoms with E-state index in [1.54, 1.807) is 0 Å². The van der Waals surface area contributed by atoms with Crippen molar-refractivity contribution in [2.75, 3.05) is 11.9 Å². The van der Waals surface area contributed by atoms with E-state index in [-0.39, 0.29) is 17.3 Å². The molecule has 0 fully saturated rings. The van der Waals surface area contributed by atoms with Crippen LogP contribution in [0.2, 0.25) is 0 Å². The molecule has 0 aliphatic rings. The first kappa shape index (κ1) is 19.3. The number of anilines is 1. The molecule has 26 heavy (non-hydrogen) atoms. The fourth-order valence-electron chi connectivity index (χ4n) is 2.17. The van der Waals surface area contributed by atoms with Crippen LogP contribution in [0, 0.1) is 11.3 Å². The molecule has 0 heterocycles. The van der Waals surface area contributed by atoms with E-state index in [2.05, 4.69) is 0 Å². The van der Waals surface area contributed by atoms with Crippen molar-refractivity contribution in [2.45, 2.75) is 12.4 Å². The minimum Gasteiger partial charge on any atom is -0.311 e. The molecule has 0 bridgehead atoms. The predicted octanol–water partition coefficient (Wildman–Crippen LogP) is 4.87. The molecule has 0 N–H and O–H groups in total. The Labute approximate surface area is 144 Å². The van der Waals surface area contributed by atoms with Crippen molar-refractivity contribution >= 4 is 11.6 Å². The summed E-state index contributed by atoms with van der Waals surface area (Å²) in [4.78, 5) is 13.3. The van der Waals surface area contributed by atoms with E-state index in [0.29, 0.717) is 12.1 Å². The summed E-state index contributed by atoms with van der Waals surface area (Å²) in [5.41, 5.74) is -3.58. The van der Waals surface area contributed by atoms with E-state index in [1.165, 1.54) is 31.3 Å². The second kappa shape index (κ2) is 6.71. The number of benzene rings is 2. The van der Waals surface area contributed by atoms with Crippen LogP contribution in [0.3, 0.4) is 0 Å². The maximum atomic E-state index is 12.9. The fraction of sp³-hybridized carbons (Fsp3) is 0.176. The molecule has 0 spiro atoms. The van der Waals surface area contributed by atoms with Gasteiger partial charge in [0.1, 0.15) is 0 Å². The van der Waals surface area contributed by atoms with Gasteiger partial charge in [0.2, 0.25) is 0 Å². The second-order valence-electron chi connectivity index (χ2n) is 5.32. The Bertz CT molecular complexity index is 848. The molecule has 3 nitrogen and oxygen atoms in total. The molecule has 0 aliphatic carbocycles. The molecule has 2 aromatic carbocycles. The first-order valence-electron chi connectivity index (χ1n) is 7.01. The Morgan fingerprint density at radius 3 is 1.96 bits per heavy atom. The number of nitriles is 1. The van der Waals surface area contributed by atoms with E-state index < -0.39 is 35.0 Å². The first-order chi connectivity index (χ1) is 11.9. The Morgan fingerprint density at radius 2 is 1.50 bits per heavy atom. The summed E-state index contributed by atoms with van der Waals surface area (Å²) in [7, 11) is 1.19. The molecular formula is C17H10F6N2O. The van der Waals surface area contributed by atoms with Crippen molar-refractivity contribution in [3.63, 3.8) is 0 Å². The average molecular weight is 372 g/mol. The number of carbonyl (C=O) groups excluding carboxylic acids is 1. The van der Waals surface area contributed by atoms with Crippen LogP contribution in [0.4, 0.5) is 32.0 Å². The second-order valence-corrected chi connectivity index (χ2v) is 5.32. The summed E-state index contributed by atoms with van der Waals surface area (Å²) in [5.74, 6) is -1.07. The monoisotopic (exact) mass is 372 g/mol. The Kier molecular flexibility index (Phi) is 4.98. The van der Waals surface area contributed by atoms with Gasteiger partial charge in [0, 0.05) is 18.3 Å². The van der Waals surface area contributed by atoms with Crippen molar-refractivity contribution in [3.05, 3.63) is 64.7 Å². The van der Waals surface area contributed by atoms with Crippen LogP contribution in [-0.2, 0) is 12.4 Å². The maximum Gasteiger partial charge on any atom is 0.416 e. The summed E-state index contributed by atoms with van der Waals surface area (Å²) in [5, 5.41) is 8.85. The van der Waals surface area contributed by atoms with E-state index in [1.807, 2.05) is 6.07 Å². The molecule has 0 saturated carbocycles. The van der Waals surface area contributed by atoms with Crippen LogP contribution >= 0.6 is 0 Å². The molecule has 136 valence electrons. The van der Waals surface area contributed by atoms with Crippen molar-refractivity contribution in [1.82, 2.24) is 0 Å². The van der Waals surface area contributed by atoms with Crippen LogP contribution in [-0.4, -0.2) is 13.0 Å². The largest absolute Gasteiger partial charge is 0.416 e. The quantitative estimate of drug-likeness (QED) is 0.706. The van der Waals surface area contributed by atoms with Gasteiger partial charge in [-0.2, -0.15) is 31.6 Å². The Morgan fingerprint density at radius 1 is 0.962 bits per heavy atom. The molecule has 0 aromatic heterocycles. The Balaban J connectivity index is 2.52. The van der Waals surface area contributed by atoms with E-state index >= 15 is 0 Å². The van der Waals surface area contributed by atoms with Gasteiger partial charge in [0.25, 0.3) is 5.91 Å². The maximum absolute atomic E-state index is 12.9. The van der Waals surface area contributed by atoms with Crippen molar-refractivity contribution in [3.8, 4) is 6.07 Å². The third-order valence-corrected chi connectivity index (χ3v) is 3.50. The molecule has 0 aliphatic heterocycles. The van der Waals surface area contributed by atoms with Crippen LogP contribution < -0.4 is 4.90 Å². The Hall–Kier alpha value is -3.02. The molecule has 0 saturated heterocycles. The van der Waals surface area contributed by atoms with Gasteiger partial charge in [-0.3, -0.25) is 4.79 Å². The highest BCUT2D eigenvalue weighted by Gasteiger charge is 2.37. The summed E-state index contributed by atoms with van der Waals surface area (Å²) >= 11 is 0. The zero-order valence-electron chi connectivity index (χ0n) is 13.1. The lowest BCUT2D eigenvalue weighted by Gasteiger charge is -2.19. The lowest BCUT2D eigenvalue weighted by Crippen LogP contribution is -2.27. The van der Waals surface area contributed by atoms with Gasteiger partial charge in [-0.1, -0.05) is 6.07 Å². The van der Waals surface area contributed by atoms with Gasteiger partial charge in [0.05, 0.1) is 22.8 Å². The standard InChI is InChI=1S/C17H10F6N2O/c1-25(14-4-2-3-10(5-14)9-24)15(26)11-6-12(16(18,19)20)8-13(7-11)17(21,22)23/h2-8H,1H3. The molecule has 0 radical (unpaired) electrons. The molecule has 9 heteroatoms. The third-order valence-electron chi connectivity index (χ3n) is 3.50. The highest BCUT2D eigenvalue weighted by molar-refractivity contribution is 6.06. The zero-order valence-corrected chi connectivity index (χ0v) is 13.1. The third kappa shape index (κ3) is 4.14. The molecule has 0 atom stereocenters. The predicted molar refractivity (Wildman–Crippen MR) is 80.3 cm³/mol. The van der Waals surface area contributed by atoms with Gasteiger partial charge >= 0.3 is 12.4 Å². The lowest BCUT2D eigenvalue weighted by atomic mass is 10.0. The number of amides is 1. The number of hydrogen-bond acceptors (Lipinski definition) is 2. The van der Waals surface area contributed by atoms with E-state index in [0.717, 1.165) is 4.90 Å². The SMILES string of the molecule is CN(C(=O)c1cc(C(F)(F)F)cc(C(F)(F)F)c1)c1cccc(C#N)c1. The lowest BCUT2D eigenvalue weighted by molar-refractivity contribution is -0.143. The molecule has 0 unspecified atom stereocenters. The number of nitrogens with zero attached hydrogens (tertiary/aromatic N) is 2. The van der Waals surface area contributed by atoms with Crippen molar-refractivity contribution in [2.24, 2.45) is 0 Å². The number of halogens is 6. The normalized spacial score (nSPS) is 11.8. The number of hydrogen-bond donors (Lipinski definition) is 0. The van der Waals surface area contributed by atoms with Gasteiger partial charge in [0.15, 0.2) is 0 Å². The van der Waals surface area contributed by atoms with Crippen molar-refractivity contribution in [1.29, 1.82) is 5.26 Å². The highest BCUT2D eigenvalue weighted by Crippen LogP contribution is 2.36. The smallest absolute Gasteiger partial charge is 0.311 e. The van der Waals surface area contributed by atoms with E-state index in [4.69, 9.17) is 5.26 Å². The molecular weight excluding hydrogens is 362 g/mol. The minimum absolute atomic E-state index is 0.0485. The fourth-order valence-corrected chi connectivity index (χ4v) is 2.17. The summed E-state index contributed by atoms with van der Waals surface area (Å²) in [6, 6.07) is 8.06. The van der Waals surface area contributed by atoms with Gasteiger partial charge < -0.3 is 4.90 Å². The van der Waals surface area contributed by atoms with E-state index in [9.17, 15) is 31.1 Å². The van der Waals surface area contributed by atoms with Crippen LogP contribution in [0.1, 0.15) is 27.0 Å². The molecule has 1 amide bonds. The summed E-state index contributed by atoms with van der Waals surface area (Å²) < 4.78 is 77.4. The summed E-state index contributed by atoms with van der Waals surface area (Å²) in [6.45, 7) is 0. The van der Waals surface area contributed by atoms with Gasteiger partial charge in [-0.25, -0.2) is 0 Å². The van der Waals surface area contributed by atoms with Gasteiger partial charge in [-0.05, 0) is 36.4 Å². The summed E-state index contributed by atoms with van der Waals surface area (Å²) in [6.07, 6.45) is -10.1.